The first kappa shape index (κ1) is 26.4. The number of amidine groups is 1. The minimum Gasteiger partial charge on any atom is -0.478 e. The zero-order chi connectivity index (χ0) is 26.9. The van der Waals surface area contributed by atoms with Gasteiger partial charge in [-0.3, -0.25) is 14.4 Å². The van der Waals surface area contributed by atoms with E-state index in [1.807, 2.05) is 39.0 Å². The highest BCUT2D eigenvalue weighted by Crippen LogP contribution is 2.31. The number of nitrogens with zero attached hydrogens (tertiary/aromatic N) is 3. The Bertz CT molecular complexity index is 1280. The molecule has 1 aromatic carbocycles. The van der Waals surface area contributed by atoms with Gasteiger partial charge in [0.15, 0.2) is 5.78 Å². The normalized spacial score (nSPS) is 20.1. The van der Waals surface area contributed by atoms with Crippen molar-refractivity contribution in [1.82, 2.24) is 4.90 Å². The van der Waals surface area contributed by atoms with Gasteiger partial charge in [0, 0.05) is 37.4 Å². The van der Waals surface area contributed by atoms with Crippen molar-refractivity contribution >= 4 is 35.1 Å². The quantitative estimate of drug-likeness (QED) is 0.553. The van der Waals surface area contributed by atoms with Crippen LogP contribution in [0, 0.1) is 24.2 Å². The van der Waals surface area contributed by atoms with Crippen LogP contribution in [0.2, 0.25) is 0 Å². The second-order valence-corrected chi connectivity index (χ2v) is 10.9. The maximum absolute atomic E-state index is 13.1. The molecule has 8 heteroatoms. The van der Waals surface area contributed by atoms with Gasteiger partial charge in [0.1, 0.15) is 11.8 Å². The molecule has 1 atom stereocenters. The van der Waals surface area contributed by atoms with Gasteiger partial charge in [0.05, 0.1) is 11.3 Å². The van der Waals surface area contributed by atoms with Crippen LogP contribution >= 0.6 is 0 Å². The standard InChI is InChI=1S/C29H33N3O5/c1-17-6-5-7-22-25(17)30-23(31-27(22)35)15-29(3,4)16-24(33)32-12-10-19(11-13-32)26(34)20-8-9-21(28(36)37)18(2)14-20/h5-9,14,19,22H,10-13,15-16H2,1-4H3,(H,36,37). The number of benzene rings is 1. The molecule has 0 saturated carbocycles. The van der Waals surface area contributed by atoms with Crippen LogP contribution < -0.4 is 0 Å². The van der Waals surface area contributed by atoms with E-state index in [0.717, 1.165) is 11.3 Å². The van der Waals surface area contributed by atoms with Gasteiger partial charge in [0.25, 0.3) is 5.91 Å². The van der Waals surface area contributed by atoms with Crippen molar-refractivity contribution in [2.45, 2.75) is 53.4 Å². The molecule has 37 heavy (non-hydrogen) atoms. The molecular weight excluding hydrogens is 470 g/mol. The molecule has 8 nitrogen and oxygen atoms in total. The summed E-state index contributed by atoms with van der Waals surface area (Å²) in [6.07, 6.45) is 7.44. The summed E-state index contributed by atoms with van der Waals surface area (Å²) in [7, 11) is 0. The van der Waals surface area contributed by atoms with Crippen LogP contribution in [0.1, 0.15) is 72.7 Å². The Labute approximate surface area is 216 Å². The number of hydrogen-bond acceptors (Lipinski definition) is 5. The van der Waals surface area contributed by atoms with Crippen LogP contribution in [0.4, 0.5) is 0 Å². The summed E-state index contributed by atoms with van der Waals surface area (Å²) in [4.78, 5) is 60.5. The number of carbonyl (C=O) groups excluding carboxylic acids is 3. The zero-order valence-corrected chi connectivity index (χ0v) is 21.8. The number of piperidine rings is 1. The molecule has 1 aliphatic carbocycles. The van der Waals surface area contributed by atoms with Crippen LogP contribution in [-0.2, 0) is 9.59 Å². The number of carbonyl (C=O) groups is 4. The Morgan fingerprint density at radius 2 is 1.81 bits per heavy atom. The number of allylic oxidation sites excluding steroid dienone is 3. The third-order valence-corrected chi connectivity index (χ3v) is 7.33. The number of hydrogen-bond donors (Lipinski definition) is 1. The summed E-state index contributed by atoms with van der Waals surface area (Å²) < 4.78 is 0. The predicted molar refractivity (Wildman–Crippen MR) is 141 cm³/mol. The van der Waals surface area contributed by atoms with Crippen LogP contribution in [-0.4, -0.2) is 58.2 Å². The molecule has 3 aliphatic rings. The van der Waals surface area contributed by atoms with E-state index >= 15 is 0 Å². The number of fused-ring (bicyclic) bond motifs is 1. The highest BCUT2D eigenvalue weighted by molar-refractivity contribution is 6.23. The number of ketones is 1. The van der Waals surface area contributed by atoms with Crippen molar-refractivity contribution in [3.05, 3.63) is 58.7 Å². The van der Waals surface area contributed by atoms with E-state index in [0.29, 0.717) is 49.3 Å². The summed E-state index contributed by atoms with van der Waals surface area (Å²) in [6, 6.07) is 4.68. The number of aryl methyl sites for hydroxylation is 1. The van der Waals surface area contributed by atoms with Crippen LogP contribution in [0.25, 0.3) is 0 Å². The largest absolute Gasteiger partial charge is 0.478 e. The topological polar surface area (TPSA) is 116 Å². The van der Waals surface area contributed by atoms with Crippen molar-refractivity contribution in [1.29, 1.82) is 0 Å². The van der Waals surface area contributed by atoms with Crippen molar-refractivity contribution in [2.75, 3.05) is 13.1 Å². The van der Waals surface area contributed by atoms with E-state index in [1.54, 1.807) is 24.0 Å². The number of aromatic carboxylic acids is 1. The average molecular weight is 504 g/mol. The third-order valence-electron chi connectivity index (χ3n) is 7.33. The maximum atomic E-state index is 13.1. The molecule has 2 amide bonds. The number of likely N-dealkylation sites (tertiary alicyclic amines) is 1. The summed E-state index contributed by atoms with van der Waals surface area (Å²) in [5.74, 6) is -1.37. The number of carboxylic acids is 1. The molecule has 4 rings (SSSR count). The monoisotopic (exact) mass is 503 g/mol. The fourth-order valence-corrected chi connectivity index (χ4v) is 5.23. The Kier molecular flexibility index (Phi) is 7.39. The van der Waals surface area contributed by atoms with E-state index in [1.165, 1.54) is 6.07 Å². The molecular formula is C29H33N3O5. The molecule has 2 heterocycles. The van der Waals surface area contributed by atoms with Gasteiger partial charge >= 0.3 is 5.97 Å². The molecule has 1 unspecified atom stereocenters. The predicted octanol–water partition coefficient (Wildman–Crippen LogP) is 4.43. The van der Waals surface area contributed by atoms with Gasteiger partial charge in [0.2, 0.25) is 5.91 Å². The molecule has 1 saturated heterocycles. The van der Waals surface area contributed by atoms with Crippen LogP contribution in [0.5, 0.6) is 0 Å². The highest BCUT2D eigenvalue weighted by atomic mass is 16.4. The van der Waals surface area contributed by atoms with E-state index in [4.69, 9.17) is 0 Å². The molecule has 0 aromatic heterocycles. The first-order chi connectivity index (χ1) is 17.4. The van der Waals surface area contributed by atoms with Crippen LogP contribution in [0.15, 0.2) is 52.0 Å². The zero-order valence-electron chi connectivity index (χ0n) is 21.8. The van der Waals surface area contributed by atoms with E-state index in [-0.39, 0.29) is 35.5 Å². The minimum atomic E-state index is -1.01. The van der Waals surface area contributed by atoms with E-state index in [9.17, 15) is 24.3 Å². The van der Waals surface area contributed by atoms with Gasteiger partial charge in [-0.1, -0.05) is 38.1 Å². The highest BCUT2D eigenvalue weighted by Gasteiger charge is 2.34. The second-order valence-electron chi connectivity index (χ2n) is 10.9. The Morgan fingerprint density at radius 1 is 1.11 bits per heavy atom. The molecule has 194 valence electrons. The number of Topliss-reactive ketones (excluding diaryl/α,β-unsaturated/α-hetero) is 1. The first-order valence-electron chi connectivity index (χ1n) is 12.7. The van der Waals surface area contributed by atoms with Crippen molar-refractivity contribution in [3.63, 3.8) is 0 Å². The SMILES string of the molecule is CC1=CC=CC2C(=O)N=C(CC(C)(C)CC(=O)N3CCC(C(=O)c4ccc(C(=O)O)c(C)c4)CC3)N=C12. The molecule has 0 spiro atoms. The van der Waals surface area contributed by atoms with Crippen molar-refractivity contribution < 1.29 is 24.3 Å². The van der Waals surface area contributed by atoms with Gasteiger partial charge in [-0.05, 0) is 55.4 Å². The number of rotatable bonds is 7. The molecule has 0 radical (unpaired) electrons. The lowest BCUT2D eigenvalue weighted by atomic mass is 9.83. The van der Waals surface area contributed by atoms with E-state index < -0.39 is 17.3 Å². The fourth-order valence-electron chi connectivity index (χ4n) is 5.23. The van der Waals surface area contributed by atoms with E-state index in [2.05, 4.69) is 9.98 Å². The number of carboxylic acid groups (broad SMARTS) is 1. The molecule has 1 fully saturated rings. The summed E-state index contributed by atoms with van der Waals surface area (Å²) in [5.41, 5.74) is 2.51. The molecule has 0 bridgehead atoms. The minimum absolute atomic E-state index is 0.00763. The maximum Gasteiger partial charge on any atom is 0.335 e. The summed E-state index contributed by atoms with van der Waals surface area (Å²) >= 11 is 0. The average Bonchev–Trinajstić information content (AvgIpc) is 2.83. The smallest absolute Gasteiger partial charge is 0.335 e. The fraction of sp³-hybridized carbons (Fsp3) is 0.448. The van der Waals surface area contributed by atoms with Crippen molar-refractivity contribution in [3.8, 4) is 0 Å². The van der Waals surface area contributed by atoms with Gasteiger partial charge in [-0.25, -0.2) is 9.79 Å². The Hall–Kier alpha value is -3.68. The second kappa shape index (κ2) is 10.4. The lowest BCUT2D eigenvalue weighted by molar-refractivity contribution is -0.134. The summed E-state index contributed by atoms with van der Waals surface area (Å²) in [6.45, 7) is 8.57. The molecule has 1 aromatic rings. The summed E-state index contributed by atoms with van der Waals surface area (Å²) in [5, 5.41) is 9.21. The van der Waals surface area contributed by atoms with Crippen LogP contribution in [0.3, 0.4) is 0 Å². The van der Waals surface area contributed by atoms with Gasteiger partial charge in [-0.2, -0.15) is 4.99 Å². The van der Waals surface area contributed by atoms with Gasteiger partial charge in [-0.15, -0.1) is 0 Å². The number of amides is 2. The van der Waals surface area contributed by atoms with Gasteiger partial charge < -0.3 is 10.0 Å². The lowest BCUT2D eigenvalue weighted by Crippen LogP contribution is -2.42. The number of aliphatic imine (C=N–C) groups is 2. The first-order valence-corrected chi connectivity index (χ1v) is 12.7. The Balaban J connectivity index is 1.33. The molecule has 2 aliphatic heterocycles. The Morgan fingerprint density at radius 3 is 2.46 bits per heavy atom. The third kappa shape index (κ3) is 5.84. The van der Waals surface area contributed by atoms with Crippen molar-refractivity contribution in [2.24, 2.45) is 27.2 Å². The molecule has 1 N–H and O–H groups in total. The lowest BCUT2D eigenvalue weighted by Gasteiger charge is -2.34.